The number of alkyl halides is 1. The van der Waals surface area contributed by atoms with Crippen molar-refractivity contribution in [3.05, 3.63) is 32.4 Å². The van der Waals surface area contributed by atoms with Gasteiger partial charge in [-0.2, -0.15) is 0 Å². The Morgan fingerprint density at radius 2 is 2.17 bits per heavy atom. The van der Waals surface area contributed by atoms with Gasteiger partial charge in [-0.25, -0.2) is 0 Å². The summed E-state index contributed by atoms with van der Waals surface area (Å²) in [4.78, 5) is 12.2. The van der Waals surface area contributed by atoms with E-state index in [4.69, 9.17) is 11.6 Å². The molecule has 1 unspecified atom stereocenters. The summed E-state index contributed by atoms with van der Waals surface area (Å²) < 4.78 is 0.910. The molecule has 1 atom stereocenters. The number of nitrogens with one attached hydrogen (secondary N) is 1. The number of benzene rings is 1. The average Bonchev–Trinajstić information content (AvgIpc) is 2.30. The van der Waals surface area contributed by atoms with E-state index in [1.807, 2.05) is 6.07 Å². The van der Waals surface area contributed by atoms with Crippen LogP contribution in [0.15, 0.2) is 18.2 Å². The van der Waals surface area contributed by atoms with Crippen molar-refractivity contribution in [3.63, 3.8) is 0 Å². The SMILES string of the molecule is CC(C)CC(CBr)NC(=O)c1cc(Cl)ccc1I. The molecule has 0 saturated heterocycles. The lowest BCUT2D eigenvalue weighted by molar-refractivity contribution is 0.0936. The second kappa shape index (κ2) is 7.70. The molecule has 0 radical (unpaired) electrons. The summed E-state index contributed by atoms with van der Waals surface area (Å²) in [6, 6.07) is 5.49. The Morgan fingerprint density at radius 3 is 2.72 bits per heavy atom. The van der Waals surface area contributed by atoms with Gasteiger partial charge in [-0.3, -0.25) is 4.79 Å². The first-order valence-corrected chi connectivity index (χ1v) is 8.33. The van der Waals surface area contributed by atoms with Crippen LogP contribution < -0.4 is 5.32 Å². The van der Waals surface area contributed by atoms with Crippen LogP contribution in [-0.4, -0.2) is 17.3 Å². The zero-order chi connectivity index (χ0) is 13.7. The molecular formula is C13H16BrClINO. The van der Waals surface area contributed by atoms with Gasteiger partial charge in [0.1, 0.15) is 0 Å². The van der Waals surface area contributed by atoms with E-state index in [1.54, 1.807) is 12.1 Å². The molecule has 1 amide bonds. The molecule has 0 aromatic heterocycles. The van der Waals surface area contributed by atoms with Gasteiger partial charge in [-0.05, 0) is 53.1 Å². The molecule has 5 heteroatoms. The minimum atomic E-state index is -0.0630. The van der Waals surface area contributed by atoms with Gasteiger partial charge in [0.2, 0.25) is 0 Å². The predicted molar refractivity (Wildman–Crippen MR) is 88.7 cm³/mol. The smallest absolute Gasteiger partial charge is 0.252 e. The molecule has 0 spiro atoms. The van der Waals surface area contributed by atoms with E-state index >= 15 is 0 Å². The molecule has 1 aromatic rings. The molecule has 18 heavy (non-hydrogen) atoms. The highest BCUT2D eigenvalue weighted by molar-refractivity contribution is 14.1. The van der Waals surface area contributed by atoms with E-state index < -0.39 is 0 Å². The summed E-state index contributed by atoms with van der Waals surface area (Å²) in [6.45, 7) is 4.29. The van der Waals surface area contributed by atoms with E-state index in [9.17, 15) is 4.79 Å². The van der Waals surface area contributed by atoms with E-state index in [0.29, 0.717) is 16.5 Å². The zero-order valence-corrected chi connectivity index (χ0v) is 14.8. The van der Waals surface area contributed by atoms with Crippen molar-refractivity contribution >= 4 is 56.0 Å². The Bertz CT molecular complexity index is 425. The van der Waals surface area contributed by atoms with E-state index in [-0.39, 0.29) is 11.9 Å². The van der Waals surface area contributed by atoms with E-state index in [0.717, 1.165) is 15.3 Å². The highest BCUT2D eigenvalue weighted by Crippen LogP contribution is 2.18. The molecular weight excluding hydrogens is 428 g/mol. The standard InChI is InChI=1S/C13H16BrClINO/c1-8(2)5-10(7-14)17-13(18)11-6-9(15)3-4-12(11)16/h3-4,6,8,10H,5,7H2,1-2H3,(H,17,18). The Kier molecular flexibility index (Phi) is 6.95. The van der Waals surface area contributed by atoms with Crippen LogP contribution in [0.1, 0.15) is 30.6 Å². The van der Waals surface area contributed by atoms with Gasteiger partial charge < -0.3 is 5.32 Å². The molecule has 0 heterocycles. The first-order chi connectivity index (χ1) is 8.43. The lowest BCUT2D eigenvalue weighted by atomic mass is 10.0. The fourth-order valence-corrected chi connectivity index (χ4v) is 2.84. The van der Waals surface area contributed by atoms with Crippen LogP contribution >= 0.6 is 50.1 Å². The quantitative estimate of drug-likeness (QED) is 0.527. The number of halogens is 3. The number of carbonyl (C=O) groups is 1. The van der Waals surface area contributed by atoms with Crippen LogP contribution in [0.4, 0.5) is 0 Å². The van der Waals surface area contributed by atoms with Crippen LogP contribution in [0, 0.1) is 9.49 Å². The highest BCUT2D eigenvalue weighted by Gasteiger charge is 2.16. The summed E-state index contributed by atoms with van der Waals surface area (Å²) >= 11 is 11.5. The normalized spacial score (nSPS) is 12.6. The summed E-state index contributed by atoms with van der Waals surface area (Å²) in [5, 5.41) is 4.37. The fourth-order valence-electron chi connectivity index (χ4n) is 1.66. The number of carbonyl (C=O) groups excluding carboxylic acids is 1. The number of amides is 1. The van der Waals surface area contributed by atoms with Gasteiger partial charge in [-0.15, -0.1) is 0 Å². The Hall–Kier alpha value is 0.190. The second-order valence-electron chi connectivity index (χ2n) is 4.58. The van der Waals surface area contributed by atoms with Crippen molar-refractivity contribution in [2.45, 2.75) is 26.3 Å². The van der Waals surface area contributed by atoms with Gasteiger partial charge in [0.25, 0.3) is 5.91 Å². The van der Waals surface area contributed by atoms with Crippen molar-refractivity contribution in [2.75, 3.05) is 5.33 Å². The molecule has 1 N–H and O–H groups in total. The van der Waals surface area contributed by atoms with Crippen molar-refractivity contribution in [2.24, 2.45) is 5.92 Å². The first kappa shape index (κ1) is 16.2. The van der Waals surface area contributed by atoms with Crippen molar-refractivity contribution < 1.29 is 4.79 Å². The lowest BCUT2D eigenvalue weighted by Gasteiger charge is -2.18. The Labute approximate surface area is 135 Å². The van der Waals surface area contributed by atoms with Crippen molar-refractivity contribution in [1.82, 2.24) is 5.32 Å². The molecule has 2 nitrogen and oxygen atoms in total. The zero-order valence-electron chi connectivity index (χ0n) is 10.3. The lowest BCUT2D eigenvalue weighted by Crippen LogP contribution is -2.37. The average molecular weight is 445 g/mol. The minimum Gasteiger partial charge on any atom is -0.348 e. The molecule has 1 aromatic carbocycles. The molecule has 0 aliphatic carbocycles. The van der Waals surface area contributed by atoms with Crippen LogP contribution in [-0.2, 0) is 0 Å². The fraction of sp³-hybridized carbons (Fsp3) is 0.462. The predicted octanol–water partition coefficient (Wildman–Crippen LogP) is 4.48. The molecule has 0 bridgehead atoms. The van der Waals surface area contributed by atoms with Gasteiger partial charge in [0.05, 0.1) is 5.56 Å². The number of rotatable bonds is 5. The second-order valence-corrected chi connectivity index (χ2v) is 6.82. The molecule has 100 valence electrons. The van der Waals surface area contributed by atoms with E-state index in [2.05, 4.69) is 57.7 Å². The summed E-state index contributed by atoms with van der Waals surface area (Å²) in [7, 11) is 0. The maximum atomic E-state index is 12.2. The number of hydrogen-bond donors (Lipinski definition) is 1. The Balaban J connectivity index is 2.77. The molecule has 0 aliphatic heterocycles. The maximum Gasteiger partial charge on any atom is 0.252 e. The minimum absolute atomic E-state index is 0.0630. The molecule has 0 saturated carbocycles. The van der Waals surface area contributed by atoms with Gasteiger partial charge in [0.15, 0.2) is 0 Å². The van der Waals surface area contributed by atoms with Crippen LogP contribution in [0.5, 0.6) is 0 Å². The van der Waals surface area contributed by atoms with Crippen molar-refractivity contribution in [1.29, 1.82) is 0 Å². The Morgan fingerprint density at radius 1 is 1.50 bits per heavy atom. The molecule has 0 aliphatic rings. The summed E-state index contributed by atoms with van der Waals surface area (Å²) in [6.07, 6.45) is 0.953. The third kappa shape index (κ3) is 5.05. The largest absolute Gasteiger partial charge is 0.348 e. The van der Waals surface area contributed by atoms with Gasteiger partial charge >= 0.3 is 0 Å². The molecule has 1 rings (SSSR count). The van der Waals surface area contributed by atoms with Gasteiger partial charge in [-0.1, -0.05) is 41.4 Å². The van der Waals surface area contributed by atoms with Crippen LogP contribution in [0.25, 0.3) is 0 Å². The maximum absolute atomic E-state index is 12.2. The van der Waals surface area contributed by atoms with E-state index in [1.165, 1.54) is 0 Å². The topological polar surface area (TPSA) is 29.1 Å². The number of hydrogen-bond acceptors (Lipinski definition) is 1. The highest BCUT2D eigenvalue weighted by atomic mass is 127. The van der Waals surface area contributed by atoms with Crippen molar-refractivity contribution in [3.8, 4) is 0 Å². The third-order valence-electron chi connectivity index (χ3n) is 2.45. The van der Waals surface area contributed by atoms with Gasteiger partial charge in [0, 0.05) is 20.0 Å². The van der Waals surface area contributed by atoms with Crippen LogP contribution in [0.2, 0.25) is 5.02 Å². The molecule has 0 fully saturated rings. The monoisotopic (exact) mass is 443 g/mol. The summed E-state index contributed by atoms with van der Waals surface area (Å²) in [5.41, 5.74) is 0.637. The first-order valence-electron chi connectivity index (χ1n) is 5.76. The third-order valence-corrected chi connectivity index (χ3v) is 4.41. The van der Waals surface area contributed by atoms with Crippen LogP contribution in [0.3, 0.4) is 0 Å². The summed E-state index contributed by atoms with van der Waals surface area (Å²) in [5.74, 6) is 0.485.